The summed E-state index contributed by atoms with van der Waals surface area (Å²) in [6.07, 6.45) is 0. The molecule has 3 nitrogen and oxygen atoms in total. The van der Waals surface area contributed by atoms with E-state index in [-0.39, 0.29) is 10.9 Å². The molecule has 6 heteroatoms. The van der Waals surface area contributed by atoms with Crippen molar-refractivity contribution in [2.24, 2.45) is 5.10 Å². The van der Waals surface area contributed by atoms with Crippen LogP contribution in [0.25, 0.3) is 0 Å². The number of benzene rings is 1. The minimum absolute atomic E-state index is 0.251. The predicted octanol–water partition coefficient (Wildman–Crippen LogP) is 3.60. The summed E-state index contributed by atoms with van der Waals surface area (Å²) in [6, 6.07) is 10.3. The maximum Gasteiger partial charge on any atom is 0.191 e. The number of rotatable bonds is 3. The van der Waals surface area contributed by atoms with Gasteiger partial charge >= 0.3 is 0 Å². The van der Waals surface area contributed by atoms with E-state index in [1.807, 2.05) is 24.4 Å². The number of hydrogen-bond acceptors (Lipinski definition) is 3. The van der Waals surface area contributed by atoms with Crippen molar-refractivity contribution in [3.8, 4) is 0 Å². The van der Waals surface area contributed by atoms with Crippen molar-refractivity contribution in [2.75, 3.05) is 5.32 Å². The molecule has 1 aromatic heterocycles. The van der Waals surface area contributed by atoms with Gasteiger partial charge in [-0.1, -0.05) is 18.2 Å². The lowest BCUT2D eigenvalue weighted by molar-refractivity contribution is 0.632. The summed E-state index contributed by atoms with van der Waals surface area (Å²) in [6.45, 7) is 1.88. The van der Waals surface area contributed by atoms with Crippen molar-refractivity contribution in [2.45, 2.75) is 6.92 Å². The molecule has 0 atom stereocenters. The summed E-state index contributed by atoms with van der Waals surface area (Å²) in [5.41, 5.74) is 3.84. The summed E-state index contributed by atoms with van der Waals surface area (Å²) in [5.74, 6) is -0.356. The fourth-order valence-corrected chi connectivity index (χ4v) is 2.22. The van der Waals surface area contributed by atoms with Crippen LogP contribution in [0, 0.1) is 5.82 Å². The van der Waals surface area contributed by atoms with Crippen LogP contribution in [0.3, 0.4) is 0 Å². The molecule has 0 unspecified atom stereocenters. The number of thiophene rings is 1. The molecule has 0 saturated heterocycles. The van der Waals surface area contributed by atoms with Gasteiger partial charge in [-0.05, 0) is 42.7 Å². The lowest BCUT2D eigenvalue weighted by atomic mass is 10.3. The summed E-state index contributed by atoms with van der Waals surface area (Å²) < 4.78 is 13.4. The lowest BCUT2D eigenvalue weighted by Crippen LogP contribution is -2.25. The Kier molecular flexibility index (Phi) is 4.59. The molecule has 1 heterocycles. The number of para-hydroxylation sites is 1. The Bertz CT molecular complexity index is 594. The average molecular weight is 293 g/mol. The van der Waals surface area contributed by atoms with Gasteiger partial charge in [0.2, 0.25) is 0 Å². The molecule has 0 bridgehead atoms. The summed E-state index contributed by atoms with van der Waals surface area (Å²) in [4.78, 5) is 1.06. The number of hydrazone groups is 1. The van der Waals surface area contributed by atoms with Crippen molar-refractivity contribution in [1.29, 1.82) is 0 Å². The topological polar surface area (TPSA) is 36.4 Å². The quantitative estimate of drug-likeness (QED) is 0.516. The number of halogens is 1. The van der Waals surface area contributed by atoms with E-state index in [0.717, 1.165) is 10.6 Å². The van der Waals surface area contributed by atoms with Crippen LogP contribution in [0.15, 0.2) is 46.9 Å². The van der Waals surface area contributed by atoms with E-state index >= 15 is 0 Å². The van der Waals surface area contributed by atoms with Crippen molar-refractivity contribution < 1.29 is 4.39 Å². The third-order valence-corrected chi connectivity index (χ3v) is 3.50. The number of nitrogens with one attached hydrogen (secondary N) is 2. The molecule has 1 aromatic carbocycles. The highest BCUT2D eigenvalue weighted by Crippen LogP contribution is 2.12. The molecule has 0 aliphatic heterocycles. The molecule has 98 valence electrons. The molecule has 0 aliphatic rings. The van der Waals surface area contributed by atoms with Crippen molar-refractivity contribution in [1.82, 2.24) is 5.43 Å². The Morgan fingerprint density at radius 1 is 1.26 bits per heavy atom. The molecule has 0 spiro atoms. The largest absolute Gasteiger partial charge is 0.329 e. The van der Waals surface area contributed by atoms with Gasteiger partial charge < -0.3 is 5.32 Å². The van der Waals surface area contributed by atoms with Crippen LogP contribution in [0.1, 0.15) is 11.8 Å². The van der Waals surface area contributed by atoms with Gasteiger partial charge in [-0.15, -0.1) is 11.3 Å². The maximum absolute atomic E-state index is 13.4. The summed E-state index contributed by atoms with van der Waals surface area (Å²) in [7, 11) is 0. The van der Waals surface area contributed by atoms with Gasteiger partial charge in [-0.3, -0.25) is 5.43 Å². The third-order valence-electron chi connectivity index (χ3n) is 2.32. The van der Waals surface area contributed by atoms with E-state index in [1.165, 1.54) is 6.07 Å². The first kappa shape index (κ1) is 13.6. The Morgan fingerprint density at radius 3 is 2.74 bits per heavy atom. The minimum Gasteiger partial charge on any atom is -0.329 e. The van der Waals surface area contributed by atoms with E-state index in [9.17, 15) is 4.39 Å². The summed E-state index contributed by atoms with van der Waals surface area (Å²) in [5, 5.41) is 9.12. The van der Waals surface area contributed by atoms with Crippen molar-refractivity contribution in [3.05, 3.63) is 52.5 Å². The van der Waals surface area contributed by atoms with Crippen LogP contribution in [-0.2, 0) is 0 Å². The minimum atomic E-state index is -0.356. The Hall–Kier alpha value is -1.79. The molecule has 2 rings (SSSR count). The highest BCUT2D eigenvalue weighted by atomic mass is 32.1. The molecule has 2 aromatic rings. The van der Waals surface area contributed by atoms with Gasteiger partial charge in [0.05, 0.1) is 11.4 Å². The average Bonchev–Trinajstić information content (AvgIpc) is 2.93. The molecule has 0 fully saturated rings. The highest BCUT2D eigenvalue weighted by Gasteiger charge is 2.02. The standard InChI is InChI=1S/C13H12FN3S2/c1-9(12-7-4-8-19-12)16-17-13(18)15-11-6-3-2-5-10(11)14/h2-8H,1H3,(H2,15,17,18)/b16-9-. The second-order valence-corrected chi connectivity index (χ2v) is 5.08. The van der Waals surface area contributed by atoms with E-state index in [2.05, 4.69) is 15.8 Å². The number of thiocarbonyl (C=S) groups is 1. The zero-order valence-corrected chi connectivity index (χ0v) is 11.8. The Morgan fingerprint density at radius 2 is 2.05 bits per heavy atom. The van der Waals surface area contributed by atoms with Gasteiger partial charge in [0, 0.05) is 4.88 Å². The molecular weight excluding hydrogens is 281 g/mol. The fourth-order valence-electron chi connectivity index (χ4n) is 1.39. The molecule has 0 saturated carbocycles. The lowest BCUT2D eigenvalue weighted by Gasteiger charge is -2.08. The van der Waals surface area contributed by atoms with Crippen molar-refractivity contribution >= 4 is 40.1 Å². The monoisotopic (exact) mass is 293 g/mol. The van der Waals surface area contributed by atoms with Gasteiger partial charge in [0.15, 0.2) is 5.11 Å². The first-order valence-corrected chi connectivity index (χ1v) is 6.85. The van der Waals surface area contributed by atoms with E-state index in [4.69, 9.17) is 12.2 Å². The highest BCUT2D eigenvalue weighted by molar-refractivity contribution is 7.80. The van der Waals surface area contributed by atoms with Gasteiger partial charge in [-0.25, -0.2) is 4.39 Å². The zero-order chi connectivity index (χ0) is 13.7. The predicted molar refractivity (Wildman–Crippen MR) is 82.3 cm³/mol. The third kappa shape index (κ3) is 3.84. The van der Waals surface area contributed by atoms with Crippen LogP contribution in [0.5, 0.6) is 0 Å². The van der Waals surface area contributed by atoms with Crippen LogP contribution in [0.2, 0.25) is 0 Å². The first-order chi connectivity index (χ1) is 9.16. The van der Waals surface area contributed by atoms with E-state index in [0.29, 0.717) is 5.69 Å². The number of hydrogen-bond donors (Lipinski definition) is 2. The molecule has 19 heavy (non-hydrogen) atoms. The molecule has 0 radical (unpaired) electrons. The Labute approximate surface area is 120 Å². The normalized spacial score (nSPS) is 11.2. The van der Waals surface area contributed by atoms with E-state index in [1.54, 1.807) is 29.5 Å². The van der Waals surface area contributed by atoms with Gasteiger partial charge in [-0.2, -0.15) is 5.10 Å². The summed E-state index contributed by atoms with van der Waals surface area (Å²) >= 11 is 6.65. The smallest absolute Gasteiger partial charge is 0.191 e. The van der Waals surface area contributed by atoms with Crippen LogP contribution >= 0.6 is 23.6 Å². The maximum atomic E-state index is 13.4. The second kappa shape index (κ2) is 6.40. The SMILES string of the molecule is C/C(=N/NC(=S)Nc1ccccc1F)c1cccs1. The number of anilines is 1. The molecule has 0 amide bonds. The molecule has 2 N–H and O–H groups in total. The fraction of sp³-hybridized carbons (Fsp3) is 0.0769. The van der Waals surface area contributed by atoms with E-state index < -0.39 is 0 Å². The zero-order valence-electron chi connectivity index (χ0n) is 10.2. The molecule has 0 aliphatic carbocycles. The first-order valence-electron chi connectivity index (χ1n) is 5.56. The number of nitrogens with zero attached hydrogens (tertiary/aromatic N) is 1. The Balaban J connectivity index is 1.96. The van der Waals surface area contributed by atoms with Gasteiger partial charge in [0.1, 0.15) is 5.82 Å². The van der Waals surface area contributed by atoms with Crippen LogP contribution < -0.4 is 10.7 Å². The van der Waals surface area contributed by atoms with Crippen LogP contribution in [-0.4, -0.2) is 10.8 Å². The second-order valence-electron chi connectivity index (χ2n) is 3.72. The van der Waals surface area contributed by atoms with Crippen LogP contribution in [0.4, 0.5) is 10.1 Å². The van der Waals surface area contributed by atoms with Gasteiger partial charge in [0.25, 0.3) is 0 Å². The molecular formula is C13H12FN3S2. The van der Waals surface area contributed by atoms with Crippen molar-refractivity contribution in [3.63, 3.8) is 0 Å².